The van der Waals surface area contributed by atoms with Crippen LogP contribution in [0.4, 0.5) is 0 Å². The summed E-state index contributed by atoms with van der Waals surface area (Å²) in [5.74, 6) is 0.924. The standard InChI is InChI=1S/C23H41N5/c1-6-20-9-11-21(12-10-20)23(4,5)19-26-22(24-7-2)25-13-14-28-17-15-27(8-3)16-18-28/h9-12H,6-8,13-19H2,1-5H3,(H2,24,25,26). The minimum absolute atomic E-state index is 0.0190. The van der Waals surface area contributed by atoms with Crippen molar-refractivity contribution in [1.29, 1.82) is 0 Å². The third-order valence-corrected chi connectivity index (χ3v) is 5.75. The Morgan fingerprint density at radius 3 is 2.18 bits per heavy atom. The maximum Gasteiger partial charge on any atom is 0.191 e. The van der Waals surface area contributed by atoms with Gasteiger partial charge in [0.05, 0.1) is 6.54 Å². The second-order valence-electron chi connectivity index (χ2n) is 8.33. The van der Waals surface area contributed by atoms with E-state index in [1.807, 2.05) is 0 Å². The normalized spacial score (nSPS) is 17.0. The topological polar surface area (TPSA) is 42.9 Å². The summed E-state index contributed by atoms with van der Waals surface area (Å²) < 4.78 is 0. The SMILES string of the molecule is CCNC(=NCC(C)(C)c1ccc(CC)cc1)NCCN1CCN(CC)CC1. The lowest BCUT2D eigenvalue weighted by Crippen LogP contribution is -2.49. The number of hydrogen-bond donors (Lipinski definition) is 2. The molecule has 0 amide bonds. The van der Waals surface area contributed by atoms with Crippen LogP contribution in [-0.2, 0) is 11.8 Å². The highest BCUT2D eigenvalue weighted by Gasteiger charge is 2.20. The Labute approximate surface area is 172 Å². The van der Waals surface area contributed by atoms with Gasteiger partial charge in [0.15, 0.2) is 5.96 Å². The van der Waals surface area contributed by atoms with Gasteiger partial charge in [-0.25, -0.2) is 0 Å². The van der Waals surface area contributed by atoms with E-state index < -0.39 is 0 Å². The number of rotatable bonds is 9. The van der Waals surface area contributed by atoms with Gasteiger partial charge in [0.25, 0.3) is 0 Å². The van der Waals surface area contributed by atoms with Crippen LogP contribution in [0.25, 0.3) is 0 Å². The molecule has 28 heavy (non-hydrogen) atoms. The Morgan fingerprint density at radius 2 is 1.61 bits per heavy atom. The summed E-state index contributed by atoms with van der Waals surface area (Å²) >= 11 is 0. The Kier molecular flexibility index (Phi) is 9.26. The third-order valence-electron chi connectivity index (χ3n) is 5.75. The maximum absolute atomic E-state index is 4.88. The number of likely N-dealkylation sites (N-methyl/N-ethyl adjacent to an activating group) is 1. The third kappa shape index (κ3) is 7.10. The van der Waals surface area contributed by atoms with Crippen LogP contribution < -0.4 is 10.6 Å². The smallest absolute Gasteiger partial charge is 0.191 e. The summed E-state index contributed by atoms with van der Waals surface area (Å²) in [5.41, 5.74) is 2.75. The molecule has 1 aromatic rings. The number of guanidine groups is 1. The average Bonchev–Trinajstić information content (AvgIpc) is 2.72. The highest BCUT2D eigenvalue weighted by molar-refractivity contribution is 5.79. The van der Waals surface area contributed by atoms with Crippen molar-refractivity contribution in [2.45, 2.75) is 46.5 Å². The van der Waals surface area contributed by atoms with Crippen molar-refractivity contribution < 1.29 is 0 Å². The van der Waals surface area contributed by atoms with Crippen LogP contribution in [-0.4, -0.2) is 74.7 Å². The molecule has 2 rings (SSSR count). The van der Waals surface area contributed by atoms with Crippen molar-refractivity contribution in [2.24, 2.45) is 4.99 Å². The molecule has 0 atom stereocenters. The van der Waals surface area contributed by atoms with Crippen molar-refractivity contribution in [1.82, 2.24) is 20.4 Å². The van der Waals surface area contributed by atoms with E-state index >= 15 is 0 Å². The van der Waals surface area contributed by atoms with Gasteiger partial charge in [0, 0.05) is 51.2 Å². The number of hydrogen-bond acceptors (Lipinski definition) is 3. The second-order valence-corrected chi connectivity index (χ2v) is 8.33. The second kappa shape index (κ2) is 11.4. The minimum atomic E-state index is 0.0190. The van der Waals surface area contributed by atoms with Gasteiger partial charge >= 0.3 is 0 Å². The molecule has 0 bridgehead atoms. The summed E-state index contributed by atoms with van der Waals surface area (Å²) in [6.45, 7) is 20.7. The van der Waals surface area contributed by atoms with Gasteiger partial charge in [-0.05, 0) is 31.0 Å². The van der Waals surface area contributed by atoms with Gasteiger partial charge in [-0.2, -0.15) is 0 Å². The quantitative estimate of drug-likeness (QED) is 0.505. The van der Waals surface area contributed by atoms with Gasteiger partial charge < -0.3 is 15.5 Å². The predicted octanol–water partition coefficient (Wildman–Crippen LogP) is 2.72. The van der Waals surface area contributed by atoms with E-state index in [0.29, 0.717) is 0 Å². The Hall–Kier alpha value is -1.59. The van der Waals surface area contributed by atoms with E-state index in [0.717, 1.165) is 38.6 Å². The van der Waals surface area contributed by atoms with Crippen molar-refractivity contribution in [3.8, 4) is 0 Å². The zero-order valence-corrected chi connectivity index (χ0v) is 18.7. The van der Waals surface area contributed by atoms with Gasteiger partial charge in [0.1, 0.15) is 0 Å². The lowest BCUT2D eigenvalue weighted by Gasteiger charge is -2.34. The zero-order valence-electron chi connectivity index (χ0n) is 18.7. The van der Waals surface area contributed by atoms with Crippen molar-refractivity contribution in [2.75, 3.05) is 58.9 Å². The molecule has 0 radical (unpaired) electrons. The van der Waals surface area contributed by atoms with E-state index in [1.165, 1.54) is 43.9 Å². The first-order valence-corrected chi connectivity index (χ1v) is 11.0. The van der Waals surface area contributed by atoms with E-state index in [-0.39, 0.29) is 5.41 Å². The first-order chi connectivity index (χ1) is 13.5. The van der Waals surface area contributed by atoms with Crippen LogP contribution in [0.15, 0.2) is 29.3 Å². The zero-order chi connectivity index (χ0) is 20.4. The van der Waals surface area contributed by atoms with E-state index in [2.05, 4.69) is 79.3 Å². The molecular formula is C23H41N5. The Morgan fingerprint density at radius 1 is 0.964 bits per heavy atom. The van der Waals surface area contributed by atoms with Crippen LogP contribution in [0.3, 0.4) is 0 Å². The molecular weight excluding hydrogens is 346 g/mol. The van der Waals surface area contributed by atoms with E-state index in [1.54, 1.807) is 0 Å². The van der Waals surface area contributed by atoms with Crippen molar-refractivity contribution in [3.05, 3.63) is 35.4 Å². The monoisotopic (exact) mass is 387 g/mol. The first-order valence-electron chi connectivity index (χ1n) is 11.0. The minimum Gasteiger partial charge on any atom is -0.357 e. The summed E-state index contributed by atoms with van der Waals surface area (Å²) in [6, 6.07) is 8.99. The fourth-order valence-electron chi connectivity index (χ4n) is 3.56. The summed E-state index contributed by atoms with van der Waals surface area (Å²) in [5, 5.41) is 6.91. The molecule has 0 aromatic heterocycles. The fraction of sp³-hybridized carbons (Fsp3) is 0.696. The summed E-state index contributed by atoms with van der Waals surface area (Å²) in [4.78, 5) is 9.94. The fourth-order valence-corrected chi connectivity index (χ4v) is 3.56. The van der Waals surface area contributed by atoms with Gasteiger partial charge in [0.2, 0.25) is 0 Å². The van der Waals surface area contributed by atoms with Crippen LogP contribution >= 0.6 is 0 Å². The number of nitrogens with one attached hydrogen (secondary N) is 2. The molecule has 0 saturated carbocycles. The Bertz CT molecular complexity index is 586. The number of piperazine rings is 1. The molecule has 1 aliphatic heterocycles. The maximum atomic E-state index is 4.88. The lowest BCUT2D eigenvalue weighted by molar-refractivity contribution is 0.139. The molecule has 1 fully saturated rings. The molecule has 5 nitrogen and oxygen atoms in total. The number of nitrogens with zero attached hydrogens (tertiary/aromatic N) is 3. The van der Waals surface area contributed by atoms with Crippen molar-refractivity contribution in [3.63, 3.8) is 0 Å². The number of aryl methyl sites for hydroxylation is 1. The Balaban J connectivity index is 1.84. The molecule has 0 unspecified atom stereocenters. The highest BCUT2D eigenvalue weighted by atomic mass is 15.3. The summed E-state index contributed by atoms with van der Waals surface area (Å²) in [7, 11) is 0. The lowest BCUT2D eigenvalue weighted by atomic mass is 9.84. The van der Waals surface area contributed by atoms with Gasteiger partial charge in [-0.3, -0.25) is 9.89 Å². The molecule has 158 valence electrons. The first kappa shape index (κ1) is 22.7. The van der Waals surface area contributed by atoms with Crippen LogP contribution in [0, 0.1) is 0 Å². The highest BCUT2D eigenvalue weighted by Crippen LogP contribution is 2.24. The molecule has 2 N–H and O–H groups in total. The van der Waals surface area contributed by atoms with Gasteiger partial charge in [-0.1, -0.05) is 52.0 Å². The van der Waals surface area contributed by atoms with Crippen molar-refractivity contribution >= 4 is 5.96 Å². The summed E-state index contributed by atoms with van der Waals surface area (Å²) in [6.07, 6.45) is 1.08. The van der Waals surface area contributed by atoms with Crippen LogP contribution in [0.2, 0.25) is 0 Å². The van der Waals surface area contributed by atoms with E-state index in [9.17, 15) is 0 Å². The molecule has 1 heterocycles. The molecule has 5 heteroatoms. The molecule has 1 aromatic carbocycles. The predicted molar refractivity (Wildman–Crippen MR) is 121 cm³/mol. The van der Waals surface area contributed by atoms with Crippen LogP contribution in [0.5, 0.6) is 0 Å². The number of benzene rings is 1. The largest absolute Gasteiger partial charge is 0.357 e. The van der Waals surface area contributed by atoms with Gasteiger partial charge in [-0.15, -0.1) is 0 Å². The van der Waals surface area contributed by atoms with Crippen LogP contribution in [0.1, 0.15) is 45.7 Å². The average molecular weight is 388 g/mol. The molecule has 1 aliphatic rings. The molecule has 0 spiro atoms. The van der Waals surface area contributed by atoms with E-state index in [4.69, 9.17) is 4.99 Å². The molecule has 0 aliphatic carbocycles. The molecule has 1 saturated heterocycles. The number of aliphatic imine (C=N–C) groups is 1.